The molecule has 4 nitrogen and oxygen atoms in total. The van der Waals surface area contributed by atoms with Gasteiger partial charge in [-0.1, -0.05) is 36.9 Å². The zero-order valence-corrected chi connectivity index (χ0v) is 15.4. The van der Waals surface area contributed by atoms with E-state index in [1.165, 1.54) is 22.8 Å². The van der Waals surface area contributed by atoms with Crippen LogP contribution in [0.5, 0.6) is 0 Å². The molecular weight excluding hydrogens is 334 g/mol. The van der Waals surface area contributed by atoms with Crippen molar-refractivity contribution in [3.8, 4) is 11.1 Å². The largest absolute Gasteiger partial charge is 0.352 e. The summed E-state index contributed by atoms with van der Waals surface area (Å²) in [4.78, 5) is 11.1. The molecule has 0 unspecified atom stereocenters. The summed E-state index contributed by atoms with van der Waals surface area (Å²) in [5.74, 6) is -0.121. The lowest BCUT2D eigenvalue weighted by Crippen LogP contribution is -2.35. The number of carbonyl (C=O) groups excluding carboxylic acids is 1. The number of aryl methyl sites for hydroxylation is 1. The zero-order chi connectivity index (χ0) is 18.9. The van der Waals surface area contributed by atoms with Gasteiger partial charge in [-0.2, -0.15) is 0 Å². The maximum Gasteiger partial charge on any atom is 0.243 e. The van der Waals surface area contributed by atoms with Crippen LogP contribution in [-0.2, 0) is 17.9 Å². The van der Waals surface area contributed by atoms with Crippen LogP contribution in [-0.4, -0.2) is 12.5 Å². The number of amides is 1. The van der Waals surface area contributed by atoms with E-state index in [4.69, 9.17) is 0 Å². The van der Waals surface area contributed by atoms with Crippen molar-refractivity contribution < 1.29 is 13.9 Å². The fourth-order valence-electron chi connectivity index (χ4n) is 2.89. The van der Waals surface area contributed by atoms with Crippen molar-refractivity contribution in [2.45, 2.75) is 19.5 Å². The first-order chi connectivity index (χ1) is 13.2. The van der Waals surface area contributed by atoms with Crippen molar-refractivity contribution in [2.75, 3.05) is 6.54 Å². The van der Waals surface area contributed by atoms with Crippen LogP contribution in [0.1, 0.15) is 12.0 Å². The third-order valence-corrected chi connectivity index (χ3v) is 4.40. The maximum absolute atomic E-state index is 11.1. The third-order valence-electron chi connectivity index (χ3n) is 4.40. The molecule has 0 radical (unpaired) electrons. The number of rotatable bonds is 8. The number of nitrogens with one attached hydrogen (secondary N) is 1. The predicted octanol–water partition coefficient (Wildman–Crippen LogP) is 2.67. The highest BCUT2D eigenvalue weighted by atomic mass is 16.1. The normalized spacial score (nSPS) is 10.4. The second-order valence-corrected chi connectivity index (χ2v) is 6.42. The quantitative estimate of drug-likeness (QED) is 0.375. The molecule has 0 aliphatic carbocycles. The summed E-state index contributed by atoms with van der Waals surface area (Å²) in [6.45, 7) is 5.83. The van der Waals surface area contributed by atoms with Crippen LogP contribution in [0.15, 0.2) is 92.0 Å². The Morgan fingerprint density at radius 1 is 0.889 bits per heavy atom. The summed E-state index contributed by atoms with van der Waals surface area (Å²) in [7, 11) is 0. The van der Waals surface area contributed by atoms with Gasteiger partial charge in [0.1, 0.15) is 6.54 Å². The molecule has 0 fully saturated rings. The monoisotopic (exact) mass is 359 g/mol. The number of pyridine rings is 2. The summed E-state index contributed by atoms with van der Waals surface area (Å²) in [5.41, 5.74) is 3.68. The van der Waals surface area contributed by atoms with Gasteiger partial charge >= 0.3 is 0 Å². The minimum atomic E-state index is -0.121. The Hall–Kier alpha value is -3.27. The van der Waals surface area contributed by atoms with E-state index in [9.17, 15) is 4.79 Å². The van der Waals surface area contributed by atoms with Gasteiger partial charge < -0.3 is 5.32 Å². The van der Waals surface area contributed by atoms with Gasteiger partial charge in [-0.3, -0.25) is 4.79 Å². The van der Waals surface area contributed by atoms with Gasteiger partial charge in [0.2, 0.25) is 5.91 Å². The molecule has 0 spiro atoms. The lowest BCUT2D eigenvalue weighted by Gasteiger charge is -2.03. The van der Waals surface area contributed by atoms with Crippen molar-refractivity contribution in [1.82, 2.24) is 5.32 Å². The SMILES string of the molecule is C=CC(=O)NCCC[n+]1ccc(-c2cc[n+](Cc3ccccc3)cc2)cc1. The van der Waals surface area contributed by atoms with Gasteiger partial charge in [0.05, 0.1) is 0 Å². The van der Waals surface area contributed by atoms with E-state index in [-0.39, 0.29) is 5.91 Å². The molecule has 4 heteroatoms. The average Bonchev–Trinajstić information content (AvgIpc) is 2.73. The molecule has 1 amide bonds. The summed E-state index contributed by atoms with van der Waals surface area (Å²) < 4.78 is 4.31. The van der Waals surface area contributed by atoms with Crippen molar-refractivity contribution in [3.63, 3.8) is 0 Å². The minimum Gasteiger partial charge on any atom is -0.352 e. The van der Waals surface area contributed by atoms with Crippen LogP contribution in [0.25, 0.3) is 11.1 Å². The molecule has 0 saturated carbocycles. The molecule has 2 aromatic heterocycles. The van der Waals surface area contributed by atoms with Crippen LogP contribution in [0.2, 0.25) is 0 Å². The molecule has 3 aromatic rings. The second-order valence-electron chi connectivity index (χ2n) is 6.42. The number of hydrogen-bond donors (Lipinski definition) is 1. The van der Waals surface area contributed by atoms with E-state index in [1.54, 1.807) is 0 Å². The van der Waals surface area contributed by atoms with E-state index >= 15 is 0 Å². The van der Waals surface area contributed by atoms with E-state index in [0.29, 0.717) is 6.54 Å². The first-order valence-electron chi connectivity index (χ1n) is 9.17. The van der Waals surface area contributed by atoms with Crippen molar-refractivity contribution in [3.05, 3.63) is 97.6 Å². The van der Waals surface area contributed by atoms with Gasteiger partial charge in [0.15, 0.2) is 31.3 Å². The maximum atomic E-state index is 11.1. The molecule has 0 saturated heterocycles. The van der Waals surface area contributed by atoms with E-state index < -0.39 is 0 Å². The Bertz CT molecular complexity index is 872. The highest BCUT2D eigenvalue weighted by molar-refractivity contribution is 5.86. The third kappa shape index (κ3) is 5.61. The topological polar surface area (TPSA) is 36.9 Å². The van der Waals surface area contributed by atoms with E-state index in [0.717, 1.165) is 19.5 Å². The Morgan fingerprint density at radius 3 is 2.07 bits per heavy atom. The van der Waals surface area contributed by atoms with Crippen LogP contribution in [0.4, 0.5) is 0 Å². The molecule has 27 heavy (non-hydrogen) atoms. The first-order valence-corrected chi connectivity index (χ1v) is 9.17. The molecular formula is C23H25N3O+2. The van der Waals surface area contributed by atoms with Gasteiger partial charge in [-0.05, 0) is 17.2 Å². The Balaban J connectivity index is 1.55. The molecule has 136 valence electrons. The second kappa shape index (κ2) is 9.43. The fourth-order valence-corrected chi connectivity index (χ4v) is 2.89. The van der Waals surface area contributed by atoms with Gasteiger partial charge in [0, 0.05) is 42.8 Å². The fraction of sp³-hybridized carbons (Fsp3) is 0.174. The highest BCUT2D eigenvalue weighted by Gasteiger charge is 2.06. The summed E-state index contributed by atoms with van der Waals surface area (Å²) in [6.07, 6.45) is 10.6. The highest BCUT2D eigenvalue weighted by Crippen LogP contribution is 2.15. The molecule has 0 aliphatic rings. The molecule has 0 atom stereocenters. The molecule has 0 aliphatic heterocycles. The Morgan fingerprint density at radius 2 is 1.48 bits per heavy atom. The molecule has 1 aromatic carbocycles. The molecule has 2 heterocycles. The number of carbonyl (C=O) groups is 1. The summed E-state index contributed by atoms with van der Waals surface area (Å²) in [6, 6.07) is 19.0. The lowest BCUT2D eigenvalue weighted by atomic mass is 10.1. The van der Waals surface area contributed by atoms with Crippen LogP contribution in [0, 0.1) is 0 Å². The average molecular weight is 359 g/mol. The lowest BCUT2D eigenvalue weighted by molar-refractivity contribution is -0.697. The number of benzene rings is 1. The van der Waals surface area contributed by atoms with E-state index in [2.05, 4.69) is 94.3 Å². The van der Waals surface area contributed by atoms with Crippen LogP contribution >= 0.6 is 0 Å². The van der Waals surface area contributed by atoms with Crippen LogP contribution in [0.3, 0.4) is 0 Å². The standard InChI is InChI=1S/C23H24N3O/c1-2-23(27)24-13-6-14-25-15-9-21(10-16-25)22-11-17-26(18-12-22)19-20-7-4-3-5-8-20/h2-5,7-12,15-18H,1,6,13-14,19H2/q+1/p+1. The number of nitrogens with zero attached hydrogens (tertiary/aromatic N) is 2. The molecule has 3 rings (SSSR count). The van der Waals surface area contributed by atoms with Gasteiger partial charge in [-0.25, -0.2) is 9.13 Å². The Labute approximate surface area is 160 Å². The molecule has 0 bridgehead atoms. The smallest absolute Gasteiger partial charge is 0.243 e. The van der Waals surface area contributed by atoms with Gasteiger partial charge in [0.25, 0.3) is 0 Å². The van der Waals surface area contributed by atoms with E-state index in [1.807, 2.05) is 6.07 Å². The Kier molecular flexibility index (Phi) is 6.47. The predicted molar refractivity (Wildman–Crippen MR) is 106 cm³/mol. The number of hydrogen-bond acceptors (Lipinski definition) is 1. The summed E-state index contributed by atoms with van der Waals surface area (Å²) in [5, 5.41) is 2.79. The minimum absolute atomic E-state index is 0.121. The van der Waals surface area contributed by atoms with Crippen molar-refractivity contribution in [2.24, 2.45) is 0 Å². The van der Waals surface area contributed by atoms with Gasteiger partial charge in [-0.15, -0.1) is 0 Å². The van der Waals surface area contributed by atoms with Crippen LogP contribution < -0.4 is 14.5 Å². The van der Waals surface area contributed by atoms with Crippen molar-refractivity contribution in [1.29, 1.82) is 0 Å². The zero-order valence-electron chi connectivity index (χ0n) is 15.4. The summed E-state index contributed by atoms with van der Waals surface area (Å²) >= 11 is 0. The number of aromatic nitrogens is 2. The first kappa shape index (κ1) is 18.5. The molecule has 1 N–H and O–H groups in total. The van der Waals surface area contributed by atoms with Crippen molar-refractivity contribution >= 4 is 5.91 Å².